The predicted molar refractivity (Wildman–Crippen MR) is 125 cm³/mol. The summed E-state index contributed by atoms with van der Waals surface area (Å²) in [6.07, 6.45) is 0. The third-order valence-electron chi connectivity index (χ3n) is 5.34. The molecule has 0 aliphatic carbocycles. The lowest BCUT2D eigenvalue weighted by Gasteiger charge is -2.10. The monoisotopic (exact) mass is 420 g/mol. The van der Waals surface area contributed by atoms with Crippen LogP contribution in [0.1, 0.15) is 26.3 Å². The average molecular weight is 420 g/mol. The van der Waals surface area contributed by atoms with Gasteiger partial charge in [-0.15, -0.1) is 0 Å². The number of nitrogens with one attached hydrogen (secondary N) is 2. The summed E-state index contributed by atoms with van der Waals surface area (Å²) >= 11 is 0. The molecule has 2 N–H and O–H groups in total. The van der Waals surface area contributed by atoms with E-state index in [0.29, 0.717) is 34.0 Å². The summed E-state index contributed by atoms with van der Waals surface area (Å²) in [7, 11) is 0. The quantitative estimate of drug-likeness (QED) is 0.410. The number of amides is 2. The molecule has 5 nitrogen and oxygen atoms in total. The zero-order chi connectivity index (χ0) is 22.1. The van der Waals surface area contributed by atoms with E-state index in [1.54, 1.807) is 30.3 Å². The molecule has 1 aliphatic rings. The SMILES string of the molecule is Cc1ccc2c(c1)NC(=O)c1cc(NC(=O)c3ccc(-c4ccccc4)cc3)ccc1O2. The molecule has 0 unspecified atom stereocenters. The van der Waals surface area contributed by atoms with Gasteiger partial charge in [0.15, 0.2) is 5.75 Å². The van der Waals surface area contributed by atoms with Gasteiger partial charge in [-0.05, 0) is 66.1 Å². The second-order valence-electron chi connectivity index (χ2n) is 7.66. The van der Waals surface area contributed by atoms with Crippen molar-refractivity contribution in [1.29, 1.82) is 0 Å². The van der Waals surface area contributed by atoms with Gasteiger partial charge >= 0.3 is 0 Å². The van der Waals surface area contributed by atoms with Crippen molar-refractivity contribution in [3.63, 3.8) is 0 Å². The molecule has 5 rings (SSSR count). The van der Waals surface area contributed by atoms with Crippen molar-refractivity contribution in [2.24, 2.45) is 0 Å². The van der Waals surface area contributed by atoms with Crippen LogP contribution in [-0.2, 0) is 0 Å². The van der Waals surface area contributed by atoms with Crippen molar-refractivity contribution in [2.45, 2.75) is 6.92 Å². The average Bonchev–Trinajstić information content (AvgIpc) is 2.95. The Bertz CT molecular complexity index is 1330. The first-order valence-corrected chi connectivity index (χ1v) is 10.3. The molecule has 0 atom stereocenters. The number of benzene rings is 4. The molecule has 0 spiro atoms. The van der Waals surface area contributed by atoms with Crippen LogP contribution in [0.15, 0.2) is 91.0 Å². The van der Waals surface area contributed by atoms with Gasteiger partial charge in [0, 0.05) is 11.3 Å². The first kappa shape index (κ1) is 19.6. The molecule has 5 heteroatoms. The molecule has 156 valence electrons. The lowest BCUT2D eigenvalue weighted by molar-refractivity contribution is 0.101. The smallest absolute Gasteiger partial charge is 0.259 e. The second kappa shape index (κ2) is 8.04. The molecule has 4 aromatic carbocycles. The first-order valence-electron chi connectivity index (χ1n) is 10.3. The van der Waals surface area contributed by atoms with E-state index in [-0.39, 0.29) is 11.8 Å². The standard InChI is InChI=1S/C27H20N2O3/c1-17-7-13-25-23(15-17)29-27(31)22-16-21(12-14-24(22)32-25)28-26(30)20-10-8-19(9-11-20)18-5-3-2-4-6-18/h2-16H,1H3,(H,28,30)(H,29,31). The maximum atomic E-state index is 12.8. The number of ether oxygens (including phenoxy) is 1. The lowest BCUT2D eigenvalue weighted by Crippen LogP contribution is -2.14. The van der Waals surface area contributed by atoms with E-state index >= 15 is 0 Å². The fraction of sp³-hybridized carbons (Fsp3) is 0.0370. The van der Waals surface area contributed by atoms with Gasteiger partial charge in [-0.25, -0.2) is 0 Å². The highest BCUT2D eigenvalue weighted by molar-refractivity contribution is 6.10. The van der Waals surface area contributed by atoms with E-state index in [1.807, 2.05) is 67.6 Å². The van der Waals surface area contributed by atoms with Crippen molar-refractivity contribution in [2.75, 3.05) is 10.6 Å². The maximum absolute atomic E-state index is 12.8. The van der Waals surface area contributed by atoms with Crippen LogP contribution < -0.4 is 15.4 Å². The van der Waals surface area contributed by atoms with E-state index < -0.39 is 0 Å². The number of fused-ring (bicyclic) bond motifs is 2. The highest BCUT2D eigenvalue weighted by Crippen LogP contribution is 2.37. The minimum absolute atomic E-state index is 0.251. The summed E-state index contributed by atoms with van der Waals surface area (Å²) in [5.41, 5.74) is 5.17. The molecule has 4 aromatic rings. The van der Waals surface area contributed by atoms with Crippen LogP contribution >= 0.6 is 0 Å². The molecule has 0 bridgehead atoms. The van der Waals surface area contributed by atoms with Gasteiger partial charge < -0.3 is 15.4 Å². The number of hydrogen-bond acceptors (Lipinski definition) is 3. The van der Waals surface area contributed by atoms with Crippen LogP contribution in [0.25, 0.3) is 11.1 Å². The van der Waals surface area contributed by atoms with Gasteiger partial charge in [0.25, 0.3) is 11.8 Å². The zero-order valence-corrected chi connectivity index (χ0v) is 17.4. The van der Waals surface area contributed by atoms with E-state index in [9.17, 15) is 9.59 Å². The molecular weight excluding hydrogens is 400 g/mol. The molecule has 1 aliphatic heterocycles. The molecular formula is C27H20N2O3. The highest BCUT2D eigenvalue weighted by Gasteiger charge is 2.21. The summed E-state index contributed by atoms with van der Waals surface area (Å²) in [6, 6.07) is 28.0. The van der Waals surface area contributed by atoms with Gasteiger partial charge in [0.05, 0.1) is 11.3 Å². The molecule has 0 saturated heterocycles. The van der Waals surface area contributed by atoms with Crippen LogP contribution in [0, 0.1) is 6.92 Å². The summed E-state index contributed by atoms with van der Waals surface area (Å²) in [6.45, 7) is 1.95. The molecule has 2 amide bonds. The van der Waals surface area contributed by atoms with Crippen LogP contribution in [0.4, 0.5) is 11.4 Å². The Kier molecular flexibility index (Phi) is 4.92. The number of aryl methyl sites for hydroxylation is 1. The Morgan fingerprint density at radius 3 is 2.31 bits per heavy atom. The minimum atomic E-state index is -0.285. The molecule has 0 aromatic heterocycles. The Labute approximate surface area is 185 Å². The van der Waals surface area contributed by atoms with Crippen LogP contribution in [0.2, 0.25) is 0 Å². The summed E-state index contributed by atoms with van der Waals surface area (Å²) < 4.78 is 5.93. The number of carbonyl (C=O) groups is 2. The topological polar surface area (TPSA) is 67.4 Å². The van der Waals surface area contributed by atoms with Gasteiger partial charge in [-0.3, -0.25) is 9.59 Å². The molecule has 32 heavy (non-hydrogen) atoms. The van der Waals surface area contributed by atoms with E-state index in [4.69, 9.17) is 4.74 Å². The largest absolute Gasteiger partial charge is 0.454 e. The van der Waals surface area contributed by atoms with Gasteiger partial charge in [-0.1, -0.05) is 48.5 Å². The summed E-state index contributed by atoms with van der Waals surface area (Å²) in [5.74, 6) is 0.486. The van der Waals surface area contributed by atoms with Gasteiger partial charge in [-0.2, -0.15) is 0 Å². The van der Waals surface area contributed by atoms with Crippen molar-refractivity contribution in [3.05, 3.63) is 108 Å². The Balaban J connectivity index is 1.36. The molecule has 0 radical (unpaired) electrons. The lowest BCUT2D eigenvalue weighted by atomic mass is 10.0. The zero-order valence-electron chi connectivity index (χ0n) is 17.4. The molecule has 1 heterocycles. The Hall–Kier alpha value is -4.38. The number of anilines is 2. The fourth-order valence-corrected chi connectivity index (χ4v) is 3.66. The minimum Gasteiger partial charge on any atom is -0.454 e. The van der Waals surface area contributed by atoms with Crippen molar-refractivity contribution >= 4 is 23.2 Å². The number of carbonyl (C=O) groups excluding carboxylic acids is 2. The van der Waals surface area contributed by atoms with E-state index in [2.05, 4.69) is 10.6 Å². The fourth-order valence-electron chi connectivity index (χ4n) is 3.66. The Morgan fingerprint density at radius 2 is 1.53 bits per heavy atom. The normalized spacial score (nSPS) is 12.0. The molecule has 0 saturated carbocycles. The number of rotatable bonds is 3. The van der Waals surface area contributed by atoms with Crippen molar-refractivity contribution in [1.82, 2.24) is 0 Å². The van der Waals surface area contributed by atoms with Crippen LogP contribution in [-0.4, -0.2) is 11.8 Å². The third kappa shape index (κ3) is 3.84. The molecule has 0 fully saturated rings. The highest BCUT2D eigenvalue weighted by atomic mass is 16.5. The Morgan fingerprint density at radius 1 is 0.812 bits per heavy atom. The van der Waals surface area contributed by atoms with Gasteiger partial charge in [0.1, 0.15) is 5.75 Å². The first-order chi connectivity index (χ1) is 15.6. The van der Waals surface area contributed by atoms with Crippen LogP contribution in [0.5, 0.6) is 11.5 Å². The van der Waals surface area contributed by atoms with E-state index in [1.165, 1.54) is 0 Å². The maximum Gasteiger partial charge on any atom is 0.259 e. The van der Waals surface area contributed by atoms with E-state index in [0.717, 1.165) is 16.7 Å². The van der Waals surface area contributed by atoms with Crippen molar-refractivity contribution < 1.29 is 14.3 Å². The number of hydrogen-bond donors (Lipinski definition) is 2. The van der Waals surface area contributed by atoms with Crippen molar-refractivity contribution in [3.8, 4) is 22.6 Å². The van der Waals surface area contributed by atoms with Gasteiger partial charge in [0.2, 0.25) is 0 Å². The predicted octanol–water partition coefficient (Wildman–Crippen LogP) is 6.27. The van der Waals surface area contributed by atoms with Crippen LogP contribution in [0.3, 0.4) is 0 Å². The summed E-state index contributed by atoms with van der Waals surface area (Å²) in [5, 5.41) is 5.74. The third-order valence-corrected chi connectivity index (χ3v) is 5.34. The second-order valence-corrected chi connectivity index (χ2v) is 7.66. The summed E-state index contributed by atoms with van der Waals surface area (Å²) in [4.78, 5) is 25.5.